The Bertz CT molecular complexity index is 779. The van der Waals surface area contributed by atoms with Gasteiger partial charge in [0.25, 0.3) is 0 Å². The zero-order valence-electron chi connectivity index (χ0n) is 16.2. The Hall–Kier alpha value is -2.89. The Labute approximate surface area is 166 Å². The summed E-state index contributed by atoms with van der Waals surface area (Å²) < 4.78 is 0. The maximum Gasteiger partial charge on any atom is 0.239 e. The van der Waals surface area contributed by atoms with E-state index in [-0.39, 0.29) is 18.4 Å². The van der Waals surface area contributed by atoms with Gasteiger partial charge in [-0.05, 0) is 43.4 Å². The molecule has 1 aliphatic heterocycles. The minimum Gasteiger partial charge on any atom is -0.368 e. The predicted octanol–water partition coefficient (Wildman–Crippen LogP) is 2.41. The number of carbonyl (C=O) groups excluding carboxylic acids is 2. The van der Waals surface area contributed by atoms with Crippen molar-refractivity contribution in [1.82, 2.24) is 15.2 Å². The number of hydrogen-bond acceptors (Lipinski definition) is 4. The molecule has 0 fully saturated rings. The molecule has 2 heterocycles. The number of benzene rings is 1. The van der Waals surface area contributed by atoms with E-state index in [0.29, 0.717) is 32.5 Å². The van der Waals surface area contributed by atoms with Gasteiger partial charge in [-0.1, -0.05) is 36.4 Å². The smallest absolute Gasteiger partial charge is 0.239 e. The molecule has 0 atom stereocenters. The lowest BCUT2D eigenvalue weighted by Crippen LogP contribution is -2.42. The summed E-state index contributed by atoms with van der Waals surface area (Å²) in [5.41, 5.74) is 2.19. The second-order valence-electron chi connectivity index (χ2n) is 7.05. The largest absolute Gasteiger partial charge is 0.368 e. The molecule has 2 aromatic rings. The minimum absolute atomic E-state index is 0.0318. The fourth-order valence-corrected chi connectivity index (χ4v) is 3.29. The van der Waals surface area contributed by atoms with E-state index in [1.807, 2.05) is 48.5 Å². The zero-order chi connectivity index (χ0) is 19.6. The van der Waals surface area contributed by atoms with Crippen molar-refractivity contribution in [2.75, 3.05) is 31.5 Å². The Morgan fingerprint density at radius 2 is 1.82 bits per heavy atom. The molecule has 28 heavy (non-hydrogen) atoms. The SMILES string of the molecule is O=C1CN(C(=O)CCc2ccccc2)CCCCc2cccc(n2)NCCN1. The van der Waals surface area contributed by atoms with Crippen LogP contribution in [0, 0.1) is 0 Å². The number of nitrogens with one attached hydrogen (secondary N) is 2. The van der Waals surface area contributed by atoms with Gasteiger partial charge in [0.05, 0.1) is 6.54 Å². The fraction of sp³-hybridized carbons (Fsp3) is 0.409. The Morgan fingerprint density at radius 3 is 2.68 bits per heavy atom. The molecule has 0 radical (unpaired) electrons. The second-order valence-corrected chi connectivity index (χ2v) is 7.05. The highest BCUT2D eigenvalue weighted by Crippen LogP contribution is 2.10. The predicted molar refractivity (Wildman–Crippen MR) is 110 cm³/mol. The normalized spacial score (nSPS) is 15.9. The van der Waals surface area contributed by atoms with Gasteiger partial charge in [-0.2, -0.15) is 0 Å². The van der Waals surface area contributed by atoms with Gasteiger partial charge in [0.2, 0.25) is 11.8 Å². The molecular formula is C22H28N4O2. The quantitative estimate of drug-likeness (QED) is 0.858. The summed E-state index contributed by atoms with van der Waals surface area (Å²) in [5, 5.41) is 6.11. The molecule has 6 nitrogen and oxygen atoms in total. The van der Waals surface area contributed by atoms with E-state index in [4.69, 9.17) is 0 Å². The lowest BCUT2D eigenvalue weighted by Gasteiger charge is -2.23. The molecule has 0 spiro atoms. The Morgan fingerprint density at radius 1 is 1.00 bits per heavy atom. The van der Waals surface area contributed by atoms with E-state index >= 15 is 0 Å². The number of carbonyl (C=O) groups is 2. The van der Waals surface area contributed by atoms with Gasteiger partial charge >= 0.3 is 0 Å². The van der Waals surface area contributed by atoms with E-state index in [9.17, 15) is 9.59 Å². The van der Waals surface area contributed by atoms with Crippen LogP contribution < -0.4 is 10.6 Å². The van der Waals surface area contributed by atoms with E-state index in [0.717, 1.165) is 36.3 Å². The molecule has 1 aromatic carbocycles. The molecule has 1 aromatic heterocycles. The van der Waals surface area contributed by atoms with Crippen molar-refractivity contribution in [3.63, 3.8) is 0 Å². The summed E-state index contributed by atoms with van der Waals surface area (Å²) in [4.78, 5) is 31.3. The molecule has 2 N–H and O–H groups in total. The minimum atomic E-state index is -0.117. The number of pyridine rings is 1. The van der Waals surface area contributed by atoms with Gasteiger partial charge in [-0.25, -0.2) is 4.98 Å². The first-order valence-corrected chi connectivity index (χ1v) is 9.99. The number of aryl methyl sites for hydroxylation is 2. The number of hydrogen-bond donors (Lipinski definition) is 2. The van der Waals surface area contributed by atoms with Gasteiger partial charge in [0.15, 0.2) is 0 Å². The highest BCUT2D eigenvalue weighted by molar-refractivity contribution is 5.84. The van der Waals surface area contributed by atoms with Crippen LogP contribution in [0.4, 0.5) is 5.82 Å². The average molecular weight is 380 g/mol. The third-order valence-electron chi connectivity index (χ3n) is 4.83. The lowest BCUT2D eigenvalue weighted by molar-refractivity contribution is -0.136. The molecule has 6 heteroatoms. The summed E-state index contributed by atoms with van der Waals surface area (Å²) in [6.45, 7) is 1.82. The molecule has 3 rings (SSSR count). The first-order valence-electron chi connectivity index (χ1n) is 9.99. The van der Waals surface area contributed by atoms with Crippen LogP contribution in [0.3, 0.4) is 0 Å². The van der Waals surface area contributed by atoms with Crippen molar-refractivity contribution in [3.8, 4) is 0 Å². The number of rotatable bonds is 3. The monoisotopic (exact) mass is 380 g/mol. The molecule has 2 amide bonds. The first-order chi connectivity index (χ1) is 13.7. The molecule has 0 saturated carbocycles. The summed E-state index contributed by atoms with van der Waals surface area (Å²) in [6.07, 6.45) is 3.76. The van der Waals surface area contributed by atoms with Crippen molar-refractivity contribution in [1.29, 1.82) is 0 Å². The molecular weight excluding hydrogens is 352 g/mol. The van der Waals surface area contributed by atoms with Crippen LogP contribution in [-0.4, -0.2) is 47.9 Å². The van der Waals surface area contributed by atoms with Crippen LogP contribution in [-0.2, 0) is 22.4 Å². The summed E-state index contributed by atoms with van der Waals surface area (Å²) in [6, 6.07) is 15.9. The van der Waals surface area contributed by atoms with Crippen LogP contribution in [0.2, 0.25) is 0 Å². The highest BCUT2D eigenvalue weighted by atomic mass is 16.2. The average Bonchev–Trinajstić information content (AvgIpc) is 2.72. The zero-order valence-corrected chi connectivity index (χ0v) is 16.2. The van der Waals surface area contributed by atoms with Crippen LogP contribution in [0.1, 0.15) is 30.5 Å². The van der Waals surface area contributed by atoms with Crippen molar-refractivity contribution < 1.29 is 9.59 Å². The van der Waals surface area contributed by atoms with Crippen molar-refractivity contribution in [2.24, 2.45) is 0 Å². The number of fused-ring (bicyclic) bond motifs is 2. The topological polar surface area (TPSA) is 74.3 Å². The van der Waals surface area contributed by atoms with Gasteiger partial charge in [-0.15, -0.1) is 0 Å². The van der Waals surface area contributed by atoms with Crippen molar-refractivity contribution >= 4 is 17.6 Å². The Balaban J connectivity index is 1.59. The molecule has 148 valence electrons. The fourth-order valence-electron chi connectivity index (χ4n) is 3.29. The van der Waals surface area contributed by atoms with Crippen LogP contribution >= 0.6 is 0 Å². The molecule has 2 bridgehead atoms. The maximum absolute atomic E-state index is 12.7. The van der Waals surface area contributed by atoms with Crippen molar-refractivity contribution in [3.05, 3.63) is 59.8 Å². The van der Waals surface area contributed by atoms with Gasteiger partial charge in [-0.3, -0.25) is 9.59 Å². The molecule has 0 aliphatic carbocycles. The molecule has 1 aliphatic rings. The summed E-state index contributed by atoms with van der Waals surface area (Å²) >= 11 is 0. The Kier molecular flexibility index (Phi) is 7.41. The third-order valence-corrected chi connectivity index (χ3v) is 4.83. The maximum atomic E-state index is 12.7. The number of nitrogens with zero attached hydrogens (tertiary/aromatic N) is 2. The van der Waals surface area contributed by atoms with Gasteiger partial charge in [0, 0.05) is 31.7 Å². The standard InChI is InChI=1S/C22H28N4O2/c27-21-17-26(22(28)13-12-18-7-2-1-3-8-18)16-5-4-9-19-10-6-11-20(25-19)23-14-15-24-21/h1-3,6-8,10-11H,4-5,9,12-17H2,(H,23,25)(H,24,27). The van der Waals surface area contributed by atoms with E-state index < -0.39 is 0 Å². The first kappa shape index (κ1) is 19.9. The number of amides is 2. The highest BCUT2D eigenvalue weighted by Gasteiger charge is 2.17. The van der Waals surface area contributed by atoms with Crippen LogP contribution in [0.25, 0.3) is 0 Å². The van der Waals surface area contributed by atoms with Crippen molar-refractivity contribution in [2.45, 2.75) is 32.1 Å². The third kappa shape index (κ3) is 6.37. The summed E-state index contributed by atoms with van der Waals surface area (Å²) in [7, 11) is 0. The number of anilines is 1. The van der Waals surface area contributed by atoms with Gasteiger partial charge in [0.1, 0.15) is 5.82 Å². The van der Waals surface area contributed by atoms with E-state index in [1.165, 1.54) is 0 Å². The second kappa shape index (κ2) is 10.4. The number of aromatic nitrogens is 1. The van der Waals surface area contributed by atoms with Crippen LogP contribution in [0.5, 0.6) is 0 Å². The molecule has 0 unspecified atom stereocenters. The lowest BCUT2D eigenvalue weighted by atomic mass is 10.1. The summed E-state index contributed by atoms with van der Waals surface area (Å²) in [5.74, 6) is 0.750. The van der Waals surface area contributed by atoms with Crippen LogP contribution in [0.15, 0.2) is 48.5 Å². The van der Waals surface area contributed by atoms with Gasteiger partial charge < -0.3 is 15.5 Å². The molecule has 0 saturated heterocycles. The van der Waals surface area contributed by atoms with E-state index in [2.05, 4.69) is 15.6 Å². The van der Waals surface area contributed by atoms with E-state index in [1.54, 1.807) is 4.90 Å².